The number of benzene rings is 3. The number of amides is 3. The highest BCUT2D eigenvalue weighted by Crippen LogP contribution is 2.43. The highest BCUT2D eigenvalue weighted by molar-refractivity contribution is 8.00. The van der Waals surface area contributed by atoms with E-state index in [9.17, 15) is 32.7 Å². The van der Waals surface area contributed by atoms with E-state index < -0.39 is 47.6 Å². The number of nitrogens with zero attached hydrogens (tertiary/aromatic N) is 6. The number of urea groups is 1. The number of fused-ring (bicyclic) bond motifs is 1. The highest BCUT2D eigenvalue weighted by Gasteiger charge is 2.31. The summed E-state index contributed by atoms with van der Waals surface area (Å²) in [5.41, 5.74) is 10.3. The van der Waals surface area contributed by atoms with Crippen molar-refractivity contribution in [2.45, 2.75) is 38.0 Å². The van der Waals surface area contributed by atoms with Crippen LogP contribution in [0, 0.1) is 15.5 Å². The van der Waals surface area contributed by atoms with Gasteiger partial charge in [-0.2, -0.15) is 4.36 Å². The average molecular weight is 976 g/mol. The molecular formula is C46H55ClN10O8S2. The molecule has 0 spiro atoms. The van der Waals surface area contributed by atoms with Crippen molar-refractivity contribution in [3.8, 4) is 11.5 Å². The molecule has 0 unspecified atom stereocenters. The summed E-state index contributed by atoms with van der Waals surface area (Å²) < 4.78 is 50.2. The lowest BCUT2D eigenvalue weighted by Crippen LogP contribution is -2.47. The number of nitro benzene ring substituents is 1. The summed E-state index contributed by atoms with van der Waals surface area (Å²) in [7, 11) is -7.41. The number of pyridine rings is 1. The van der Waals surface area contributed by atoms with Gasteiger partial charge in [0.15, 0.2) is 0 Å². The zero-order valence-corrected chi connectivity index (χ0v) is 39.7. The average Bonchev–Trinajstić information content (AvgIpc) is 3.76. The van der Waals surface area contributed by atoms with Gasteiger partial charge < -0.3 is 30.2 Å². The number of carbonyl (C=O) groups is 2. The maximum Gasteiger partial charge on any atom is 0.344 e. The third kappa shape index (κ3) is 11.6. The Labute approximate surface area is 395 Å². The Morgan fingerprint density at radius 1 is 1.01 bits per heavy atom. The number of anilines is 2. The Morgan fingerprint density at radius 2 is 1.76 bits per heavy atom. The molecule has 18 nitrogen and oxygen atoms in total. The molecule has 2 aromatic heterocycles. The van der Waals surface area contributed by atoms with Gasteiger partial charge in [0.2, 0.25) is 0 Å². The molecule has 21 heteroatoms. The van der Waals surface area contributed by atoms with Crippen LogP contribution in [0.15, 0.2) is 100 Å². The van der Waals surface area contributed by atoms with Gasteiger partial charge in [-0.3, -0.25) is 24.7 Å². The molecule has 3 aliphatic rings. The molecule has 0 atom stereocenters. The van der Waals surface area contributed by atoms with Crippen LogP contribution in [0.5, 0.6) is 11.5 Å². The summed E-state index contributed by atoms with van der Waals surface area (Å²) in [6.45, 7) is 10.1. The molecule has 67 heavy (non-hydrogen) atoms. The molecule has 2 aliphatic heterocycles. The summed E-state index contributed by atoms with van der Waals surface area (Å²) >= 11 is 6.24. The summed E-state index contributed by atoms with van der Waals surface area (Å²) in [5, 5.41) is 16.7. The number of thiol groups is 1. The van der Waals surface area contributed by atoms with E-state index in [4.69, 9.17) is 22.1 Å². The second kappa shape index (κ2) is 19.7. The maximum absolute atomic E-state index is 14.0. The first-order valence-electron chi connectivity index (χ1n) is 22.1. The third-order valence-electron chi connectivity index (χ3n) is 12.6. The Kier molecular flexibility index (Phi) is 14.0. The van der Waals surface area contributed by atoms with Crippen molar-refractivity contribution < 1.29 is 32.2 Å². The number of aromatic amines is 1. The number of hydrogen-bond acceptors (Lipinski definition) is 12. The van der Waals surface area contributed by atoms with Crippen LogP contribution in [0.3, 0.4) is 0 Å². The fourth-order valence-electron chi connectivity index (χ4n) is 8.88. The van der Waals surface area contributed by atoms with Gasteiger partial charge in [-0.1, -0.05) is 53.3 Å². The fourth-order valence-corrected chi connectivity index (χ4v) is 12.0. The second-order valence-electron chi connectivity index (χ2n) is 18.0. The summed E-state index contributed by atoms with van der Waals surface area (Å²) in [4.78, 5) is 50.3. The van der Waals surface area contributed by atoms with E-state index in [1.807, 2.05) is 23.1 Å². The topological polar surface area (TPSA) is 242 Å². The SMILES string of the molecule is CC1(C)CCC(CN2CCN(c3ccc(C(=O)NS(=O)(=O)c4ccc(NCCN5CC[SH](O)(=NC(N)=O)CC5)c([N+](=O)[O-])c4)c(Oc4cnc5[nH]ccc5c4)c3)CC2)=C(c2ccc(Cl)cc2)C1. The second-order valence-corrected chi connectivity index (χ2v) is 22.9. The minimum atomic E-state index is -4.63. The number of piperazine rings is 1. The van der Waals surface area contributed by atoms with E-state index in [2.05, 4.69) is 60.1 Å². The number of halogens is 1. The molecule has 0 saturated carbocycles. The number of rotatable bonds is 14. The minimum Gasteiger partial charge on any atom is -0.455 e. The lowest BCUT2D eigenvalue weighted by atomic mass is 9.72. The van der Waals surface area contributed by atoms with E-state index in [1.54, 1.807) is 24.4 Å². The molecule has 0 bridgehead atoms. The lowest BCUT2D eigenvalue weighted by molar-refractivity contribution is -0.384. The number of primary amides is 1. The molecule has 6 N–H and O–H groups in total. The van der Waals surface area contributed by atoms with Gasteiger partial charge in [0.05, 0.1) is 21.6 Å². The number of H-pyrrole nitrogens is 1. The monoisotopic (exact) mass is 974 g/mol. The maximum atomic E-state index is 14.0. The molecule has 8 rings (SSSR count). The molecular weight excluding hydrogens is 920 g/mol. The van der Waals surface area contributed by atoms with E-state index in [1.165, 1.54) is 41.1 Å². The molecule has 1 aliphatic carbocycles. The van der Waals surface area contributed by atoms with Crippen molar-refractivity contribution >= 4 is 77.3 Å². The van der Waals surface area contributed by atoms with Crippen LogP contribution < -0.4 is 25.4 Å². The summed E-state index contributed by atoms with van der Waals surface area (Å²) in [6, 6.07) is 19.2. The molecule has 0 radical (unpaired) electrons. The van der Waals surface area contributed by atoms with Crippen LogP contribution in [-0.4, -0.2) is 120 Å². The van der Waals surface area contributed by atoms with Gasteiger partial charge in [-0.15, -0.1) is 0 Å². The van der Waals surface area contributed by atoms with Crippen molar-refractivity contribution in [3.05, 3.63) is 117 Å². The van der Waals surface area contributed by atoms with Gasteiger partial charge in [-0.05, 0) is 84.3 Å². The Balaban J connectivity index is 0.966. The van der Waals surface area contributed by atoms with Crippen molar-refractivity contribution in [3.63, 3.8) is 0 Å². The number of carbonyl (C=O) groups excluding carboxylic acids is 2. The molecule has 5 aromatic rings. The van der Waals surface area contributed by atoms with Gasteiger partial charge >= 0.3 is 6.03 Å². The zero-order chi connectivity index (χ0) is 47.5. The lowest BCUT2D eigenvalue weighted by Gasteiger charge is -2.39. The first kappa shape index (κ1) is 47.6. The van der Waals surface area contributed by atoms with Crippen LogP contribution in [0.4, 0.5) is 21.9 Å². The molecule has 2 saturated heterocycles. The van der Waals surface area contributed by atoms with Crippen LogP contribution in [0.2, 0.25) is 5.02 Å². The molecule has 2 fully saturated rings. The molecule has 356 valence electrons. The van der Waals surface area contributed by atoms with E-state index in [-0.39, 0.29) is 29.0 Å². The number of nitrogens with one attached hydrogen (secondary N) is 3. The number of hydrogen-bond donors (Lipinski definition) is 6. The quantitative estimate of drug-likeness (QED) is 0.0368. The number of aromatic nitrogens is 2. The fraction of sp³-hybridized carbons (Fsp3) is 0.370. The van der Waals surface area contributed by atoms with Crippen LogP contribution in [0.1, 0.15) is 49.0 Å². The Morgan fingerprint density at radius 3 is 2.48 bits per heavy atom. The standard InChI is InChI=1S/C46H55ClN10O8S2/c1-46(2)13-11-33(39(28-46)31-3-5-34(47)6-4-31)30-55-17-19-56(20-18-55)35-7-9-38(42(26-35)65-36-25-32-12-14-50-43(32)51-29-36)44(58)52-67(63,64)37-8-10-40(41(27-37)57(60)61)49-15-16-54-21-23-66(62,24-22-54)53-45(48)59/h3-10,12,14,25-27,29,49,66H,11,13,15-24,28,30H2,1-2H3,(H,50,51)(H,52,58)(H3,48,53,59,62). The van der Waals surface area contributed by atoms with Crippen molar-refractivity contribution in [1.82, 2.24) is 24.5 Å². The summed E-state index contributed by atoms with van der Waals surface area (Å²) in [6.07, 6.45) is 6.40. The van der Waals surface area contributed by atoms with Crippen molar-refractivity contribution in [2.24, 2.45) is 15.5 Å². The van der Waals surface area contributed by atoms with Crippen LogP contribution >= 0.6 is 11.6 Å². The number of allylic oxidation sites excluding steroid dienone is 1. The van der Waals surface area contributed by atoms with E-state index in [0.29, 0.717) is 55.6 Å². The van der Waals surface area contributed by atoms with Gasteiger partial charge in [0, 0.05) is 105 Å². The number of sulfonamides is 1. The van der Waals surface area contributed by atoms with Gasteiger partial charge in [-0.25, -0.2) is 22.9 Å². The predicted molar refractivity (Wildman–Crippen MR) is 263 cm³/mol. The number of ether oxygens (including phenoxy) is 1. The van der Waals surface area contributed by atoms with Crippen LogP contribution in [0.25, 0.3) is 16.6 Å². The van der Waals surface area contributed by atoms with Crippen LogP contribution in [-0.2, 0) is 20.1 Å². The Hall–Kier alpha value is -5.90. The zero-order valence-electron chi connectivity index (χ0n) is 37.3. The minimum absolute atomic E-state index is 0.0728. The van der Waals surface area contributed by atoms with Gasteiger partial charge in [0.25, 0.3) is 21.6 Å². The first-order chi connectivity index (χ1) is 31.9. The molecule has 4 heterocycles. The largest absolute Gasteiger partial charge is 0.455 e. The predicted octanol–water partition coefficient (Wildman–Crippen LogP) is 7.17. The van der Waals surface area contributed by atoms with Gasteiger partial charge in [0.1, 0.15) is 22.8 Å². The van der Waals surface area contributed by atoms with Crippen molar-refractivity contribution in [1.29, 1.82) is 0 Å². The molecule has 3 aromatic carbocycles. The smallest absolute Gasteiger partial charge is 0.344 e. The third-order valence-corrected chi connectivity index (χ3v) is 16.6. The normalized spacial score (nSPS) is 18.3. The number of nitro groups is 1. The number of nitrogens with two attached hydrogens (primary N) is 1. The van der Waals surface area contributed by atoms with Crippen molar-refractivity contribution in [2.75, 3.05) is 80.6 Å². The van der Waals surface area contributed by atoms with E-state index >= 15 is 0 Å². The molecule has 3 amide bonds. The Bertz CT molecular complexity index is 2890. The van der Waals surface area contributed by atoms with E-state index in [0.717, 1.165) is 61.1 Å². The highest BCUT2D eigenvalue weighted by atomic mass is 35.5. The summed E-state index contributed by atoms with van der Waals surface area (Å²) in [5.74, 6) is 0.0323. The first-order valence-corrected chi connectivity index (χ1v) is 26.0.